The monoisotopic (exact) mass is 905 g/mol. The van der Waals surface area contributed by atoms with Gasteiger partial charge in [-0.2, -0.15) is 12.6 Å². The normalized spacial score (nSPS) is 16.8. The lowest BCUT2D eigenvalue weighted by atomic mass is 9.96. The first-order valence-electron chi connectivity index (χ1n) is 20.7. The maximum absolute atomic E-state index is 13.8. The van der Waals surface area contributed by atoms with Crippen molar-refractivity contribution in [3.8, 4) is 5.75 Å². The molecule has 1 heterocycles. The number of hydrogen-bond donors (Lipinski definition) is 12. The van der Waals surface area contributed by atoms with Crippen LogP contribution in [0.15, 0.2) is 24.3 Å². The molecule has 1 aliphatic heterocycles. The molecule has 1 aliphatic rings. The highest BCUT2D eigenvalue weighted by atomic mass is 32.1. The van der Waals surface area contributed by atoms with Gasteiger partial charge in [0.15, 0.2) is 0 Å². The van der Waals surface area contributed by atoms with Gasteiger partial charge in [0.1, 0.15) is 42.0 Å². The van der Waals surface area contributed by atoms with Crippen molar-refractivity contribution in [1.29, 1.82) is 0 Å². The number of nitrogens with zero attached hydrogens (tertiary/aromatic N) is 1. The molecule has 350 valence electrons. The molecule has 0 aromatic heterocycles. The van der Waals surface area contributed by atoms with Crippen LogP contribution in [0.2, 0.25) is 0 Å². The Morgan fingerprint density at radius 3 is 1.92 bits per heavy atom. The van der Waals surface area contributed by atoms with Gasteiger partial charge < -0.3 is 64.8 Å². The molecule has 1 aromatic carbocycles. The Balaban J connectivity index is 2.26. The Morgan fingerprint density at radius 2 is 1.37 bits per heavy atom. The quantitative estimate of drug-likeness (QED) is 0.0402. The van der Waals surface area contributed by atoms with Crippen molar-refractivity contribution in [1.82, 2.24) is 36.8 Å². The molecule has 15 N–H and O–H groups in total. The van der Waals surface area contributed by atoms with Gasteiger partial charge in [0, 0.05) is 18.7 Å². The second-order valence-electron chi connectivity index (χ2n) is 16.0. The van der Waals surface area contributed by atoms with E-state index in [9.17, 15) is 53.1 Å². The minimum atomic E-state index is -1.71. The van der Waals surface area contributed by atoms with E-state index in [0.717, 1.165) is 0 Å². The lowest BCUT2D eigenvalue weighted by Gasteiger charge is -2.30. The predicted octanol–water partition coefficient (Wildman–Crippen LogP) is -3.56. The Kier molecular flexibility index (Phi) is 21.8. The van der Waals surface area contributed by atoms with E-state index in [1.807, 2.05) is 13.8 Å². The fourth-order valence-electron chi connectivity index (χ4n) is 6.67. The van der Waals surface area contributed by atoms with Crippen LogP contribution < -0.4 is 54.8 Å². The van der Waals surface area contributed by atoms with Crippen LogP contribution in [0.5, 0.6) is 5.75 Å². The molecule has 0 bridgehead atoms. The second-order valence-corrected chi connectivity index (χ2v) is 16.3. The third kappa shape index (κ3) is 17.7. The van der Waals surface area contributed by atoms with Gasteiger partial charge in [0.2, 0.25) is 59.1 Å². The molecule has 0 spiro atoms. The number of hydrogen-bond acceptors (Lipinski definition) is 13. The van der Waals surface area contributed by atoms with Crippen molar-refractivity contribution in [3.05, 3.63) is 29.8 Å². The summed E-state index contributed by atoms with van der Waals surface area (Å²) in [7, 11) is 0. The molecular formula is C40H63N11O11S. The molecular weight excluding hydrogens is 843 g/mol. The van der Waals surface area contributed by atoms with E-state index >= 15 is 0 Å². The molecule has 0 aliphatic carbocycles. The summed E-state index contributed by atoms with van der Waals surface area (Å²) in [5.41, 5.74) is 22.7. The molecule has 1 fully saturated rings. The van der Waals surface area contributed by atoms with Crippen LogP contribution in [0.4, 0.5) is 0 Å². The summed E-state index contributed by atoms with van der Waals surface area (Å²) in [6, 6.07) is -3.03. The van der Waals surface area contributed by atoms with E-state index in [0.29, 0.717) is 18.4 Å². The first-order valence-corrected chi connectivity index (χ1v) is 21.3. The smallest absolute Gasteiger partial charge is 0.246 e. The van der Waals surface area contributed by atoms with Gasteiger partial charge in [-0.1, -0.05) is 46.2 Å². The maximum atomic E-state index is 13.8. The zero-order valence-electron chi connectivity index (χ0n) is 36.0. The van der Waals surface area contributed by atoms with Gasteiger partial charge >= 0.3 is 0 Å². The summed E-state index contributed by atoms with van der Waals surface area (Å²) in [5.74, 6) is -9.08. The zero-order chi connectivity index (χ0) is 47.6. The number of aromatic hydroxyl groups is 1. The highest BCUT2D eigenvalue weighted by molar-refractivity contribution is 7.80. The van der Waals surface area contributed by atoms with E-state index < -0.39 is 127 Å². The number of phenols is 1. The standard InChI is InChI=1S/C40H63N11O11S/c1-5-21(4)33(50-34(56)24(41)16-22-8-10-23(52)11-9-22)39(61)46-25(12-13-30(42)53)36(58)47-27(17-31(43)54)37(59)49-28(19-63)40(62)51-14-6-7-29(51)38(60)48-26(15-20(2)3)35(57)45-18-32(44)55/h8-11,20-21,24-29,33,52,63H,5-7,12-19,41H2,1-4H3,(H2,42,53)(H2,43,54)(H2,44,55)(H,45,57)(H,46,61)(H,47,58)(H,48,60)(H,49,59)(H,50,56)/t21-,24-,25-,26-,27-,28-,29-,33-/m0/s1. The Hall–Kier alpha value is -5.97. The van der Waals surface area contributed by atoms with Crippen molar-refractivity contribution in [2.45, 2.75) is 121 Å². The Morgan fingerprint density at radius 1 is 0.762 bits per heavy atom. The molecule has 0 unspecified atom stereocenters. The number of carbonyl (C=O) groups is 10. The molecule has 1 aromatic rings. The summed E-state index contributed by atoms with van der Waals surface area (Å²) >= 11 is 4.23. The number of primary amides is 3. The minimum Gasteiger partial charge on any atom is -0.508 e. The van der Waals surface area contributed by atoms with Gasteiger partial charge in [-0.3, -0.25) is 47.9 Å². The summed E-state index contributed by atoms with van der Waals surface area (Å²) in [6.07, 6.45) is -0.245. The van der Waals surface area contributed by atoms with Gasteiger partial charge in [0.25, 0.3) is 0 Å². The van der Waals surface area contributed by atoms with E-state index in [1.54, 1.807) is 26.0 Å². The number of amides is 10. The first-order chi connectivity index (χ1) is 29.6. The van der Waals surface area contributed by atoms with Crippen LogP contribution >= 0.6 is 12.6 Å². The molecule has 8 atom stereocenters. The minimum absolute atomic E-state index is 0.0232. The van der Waals surface area contributed by atoms with E-state index in [1.165, 1.54) is 17.0 Å². The fraction of sp³-hybridized carbons (Fsp3) is 0.600. The molecule has 1 saturated heterocycles. The fourth-order valence-corrected chi connectivity index (χ4v) is 6.92. The highest BCUT2D eigenvalue weighted by Gasteiger charge is 2.40. The highest BCUT2D eigenvalue weighted by Crippen LogP contribution is 2.20. The number of phenolic OH excluding ortho intramolecular Hbond substituents is 1. The second kappa shape index (κ2) is 25.8. The largest absolute Gasteiger partial charge is 0.508 e. The lowest BCUT2D eigenvalue weighted by molar-refractivity contribution is -0.142. The average molecular weight is 906 g/mol. The van der Waals surface area contributed by atoms with E-state index in [2.05, 4.69) is 44.5 Å². The molecule has 2 rings (SSSR count). The van der Waals surface area contributed by atoms with Crippen LogP contribution in [0.3, 0.4) is 0 Å². The van der Waals surface area contributed by atoms with Gasteiger partial charge in [-0.25, -0.2) is 0 Å². The van der Waals surface area contributed by atoms with Crippen LogP contribution in [-0.4, -0.2) is 130 Å². The van der Waals surface area contributed by atoms with Gasteiger partial charge in [-0.05, 0) is 61.6 Å². The molecule has 10 amide bonds. The first kappa shape index (κ1) is 53.2. The van der Waals surface area contributed by atoms with E-state index in [4.69, 9.17) is 22.9 Å². The number of rotatable bonds is 26. The number of thiol groups is 1. The van der Waals surface area contributed by atoms with Crippen molar-refractivity contribution >= 4 is 71.7 Å². The van der Waals surface area contributed by atoms with Crippen molar-refractivity contribution < 1.29 is 53.1 Å². The van der Waals surface area contributed by atoms with E-state index in [-0.39, 0.29) is 49.6 Å². The van der Waals surface area contributed by atoms with Crippen LogP contribution in [0, 0.1) is 11.8 Å². The van der Waals surface area contributed by atoms with Crippen molar-refractivity contribution in [2.24, 2.45) is 34.8 Å². The summed E-state index contributed by atoms with van der Waals surface area (Å²) in [4.78, 5) is 131. The third-order valence-electron chi connectivity index (χ3n) is 10.3. The SMILES string of the molecule is CC[C@H](C)[C@H](NC(=O)[C@@H](N)Cc1ccc(O)cc1)C(=O)N[C@@H](CCC(N)=O)C(=O)N[C@@H](CC(N)=O)C(=O)N[C@@H](CS)C(=O)N1CCC[C@H]1C(=O)N[C@@H](CC(C)C)C(=O)NCC(N)=O. The number of benzene rings is 1. The molecule has 23 heteroatoms. The Bertz CT molecular complexity index is 1820. The molecule has 0 radical (unpaired) electrons. The summed E-state index contributed by atoms with van der Waals surface area (Å²) in [6.45, 7) is 6.74. The predicted molar refractivity (Wildman–Crippen MR) is 231 cm³/mol. The lowest BCUT2D eigenvalue weighted by Crippen LogP contribution is -2.61. The van der Waals surface area contributed by atoms with Gasteiger partial charge in [-0.15, -0.1) is 0 Å². The number of carbonyl (C=O) groups excluding carboxylic acids is 10. The number of nitrogens with two attached hydrogens (primary N) is 4. The average Bonchev–Trinajstić information content (AvgIpc) is 3.72. The van der Waals surface area contributed by atoms with Crippen molar-refractivity contribution in [2.75, 3.05) is 18.8 Å². The molecule has 0 saturated carbocycles. The number of nitrogens with one attached hydrogen (secondary N) is 6. The maximum Gasteiger partial charge on any atom is 0.246 e. The molecule has 63 heavy (non-hydrogen) atoms. The van der Waals surface area contributed by atoms with Crippen molar-refractivity contribution in [3.63, 3.8) is 0 Å². The summed E-state index contributed by atoms with van der Waals surface area (Å²) in [5, 5.41) is 24.5. The summed E-state index contributed by atoms with van der Waals surface area (Å²) < 4.78 is 0. The van der Waals surface area contributed by atoms with Gasteiger partial charge in [0.05, 0.1) is 19.0 Å². The van der Waals surface area contributed by atoms with Crippen LogP contribution in [0.1, 0.15) is 78.2 Å². The van der Waals surface area contributed by atoms with Crippen LogP contribution in [0.25, 0.3) is 0 Å². The zero-order valence-corrected chi connectivity index (χ0v) is 36.9. The Labute approximate surface area is 371 Å². The molecule has 22 nitrogen and oxygen atoms in total. The number of likely N-dealkylation sites (tertiary alicyclic amines) is 1. The topological polar surface area (TPSA) is 370 Å². The third-order valence-corrected chi connectivity index (χ3v) is 10.7. The van der Waals surface area contributed by atoms with Crippen LogP contribution in [-0.2, 0) is 54.4 Å².